The molecular formula is C22H18Br3NO3. The van der Waals surface area contributed by atoms with E-state index in [1.54, 1.807) is 24.3 Å². The van der Waals surface area contributed by atoms with Crippen molar-refractivity contribution in [3.8, 4) is 17.6 Å². The summed E-state index contributed by atoms with van der Waals surface area (Å²) in [6.45, 7) is 4.02. The van der Waals surface area contributed by atoms with Gasteiger partial charge in [0.15, 0.2) is 0 Å². The summed E-state index contributed by atoms with van der Waals surface area (Å²) in [5.41, 5.74) is 0.360. The third-order valence-corrected chi connectivity index (χ3v) is 6.09. The first-order valence-electron chi connectivity index (χ1n) is 8.88. The molecule has 0 N–H and O–H groups in total. The van der Waals surface area contributed by atoms with Gasteiger partial charge in [0.1, 0.15) is 17.6 Å². The van der Waals surface area contributed by atoms with Crippen LogP contribution in [0.4, 0.5) is 0 Å². The van der Waals surface area contributed by atoms with E-state index in [1.807, 2.05) is 44.2 Å². The number of nitriles is 1. The molecule has 0 spiro atoms. The van der Waals surface area contributed by atoms with Crippen molar-refractivity contribution in [3.05, 3.63) is 68.0 Å². The lowest BCUT2D eigenvalue weighted by Crippen LogP contribution is -2.14. The molecule has 2 aromatic carbocycles. The van der Waals surface area contributed by atoms with Crippen LogP contribution in [0.2, 0.25) is 0 Å². The molecule has 0 heterocycles. The van der Waals surface area contributed by atoms with Crippen LogP contribution in [0.3, 0.4) is 0 Å². The number of carbonyl (C=O) groups is 1. The van der Waals surface area contributed by atoms with E-state index in [0.29, 0.717) is 17.1 Å². The van der Waals surface area contributed by atoms with Crippen LogP contribution in [0, 0.1) is 28.6 Å². The highest BCUT2D eigenvalue weighted by molar-refractivity contribution is 9.28. The summed E-state index contributed by atoms with van der Waals surface area (Å²) < 4.78 is 13.2. The zero-order chi connectivity index (χ0) is 21.2. The van der Waals surface area contributed by atoms with E-state index in [2.05, 4.69) is 53.9 Å². The third-order valence-electron chi connectivity index (χ3n) is 5.03. The Morgan fingerprint density at radius 3 is 2.48 bits per heavy atom. The van der Waals surface area contributed by atoms with Crippen LogP contribution in [-0.2, 0) is 9.53 Å². The number of hydrogen-bond acceptors (Lipinski definition) is 4. The fraction of sp³-hybridized carbons (Fsp3) is 0.273. The lowest BCUT2D eigenvalue weighted by Gasteiger charge is -2.13. The normalized spacial score (nSPS) is 20.1. The van der Waals surface area contributed by atoms with Gasteiger partial charge in [0, 0.05) is 10.0 Å². The molecule has 1 fully saturated rings. The predicted molar refractivity (Wildman–Crippen MR) is 122 cm³/mol. The largest absolute Gasteiger partial charge is 0.457 e. The SMILES string of the molecule is CC1(C)C(C=C(Br)Br)C1C(=O)OC(C#N)c1cccc(Oc2ccc(Br)cc2)c1. The lowest BCUT2D eigenvalue weighted by atomic mass is 10.1. The standard InChI is InChI=1S/C22H18Br3NO3/c1-22(2)17(11-19(24)25)20(22)21(27)29-18(12-26)13-4-3-5-16(10-13)28-15-8-6-14(23)7-9-15/h3-11,17-18,20H,1-2H3. The molecule has 7 heteroatoms. The van der Waals surface area contributed by atoms with Crippen LogP contribution in [0.15, 0.2) is 62.5 Å². The van der Waals surface area contributed by atoms with Gasteiger partial charge in [-0.15, -0.1) is 0 Å². The number of carbonyl (C=O) groups excluding carboxylic acids is 1. The monoisotopic (exact) mass is 581 g/mol. The molecular weight excluding hydrogens is 566 g/mol. The Bertz CT molecular complexity index is 976. The molecule has 29 heavy (non-hydrogen) atoms. The molecule has 1 aliphatic carbocycles. The van der Waals surface area contributed by atoms with Crippen molar-refractivity contribution in [3.63, 3.8) is 0 Å². The number of benzene rings is 2. The molecule has 0 radical (unpaired) electrons. The minimum Gasteiger partial charge on any atom is -0.457 e. The fourth-order valence-corrected chi connectivity index (χ4v) is 4.15. The van der Waals surface area contributed by atoms with Crippen LogP contribution in [0.25, 0.3) is 0 Å². The maximum Gasteiger partial charge on any atom is 0.311 e. The van der Waals surface area contributed by atoms with Crippen molar-refractivity contribution < 1.29 is 14.3 Å². The van der Waals surface area contributed by atoms with Gasteiger partial charge < -0.3 is 9.47 Å². The van der Waals surface area contributed by atoms with Crippen molar-refractivity contribution >= 4 is 53.8 Å². The highest BCUT2D eigenvalue weighted by atomic mass is 79.9. The quantitative estimate of drug-likeness (QED) is 0.336. The molecule has 0 bridgehead atoms. The molecule has 3 atom stereocenters. The molecule has 150 valence electrons. The summed E-state index contributed by atoms with van der Waals surface area (Å²) in [4.78, 5) is 12.7. The van der Waals surface area contributed by atoms with E-state index >= 15 is 0 Å². The minimum absolute atomic E-state index is 0.0511. The van der Waals surface area contributed by atoms with Gasteiger partial charge in [-0.05, 0) is 79.6 Å². The predicted octanol–water partition coefficient (Wildman–Crippen LogP) is 7.25. The number of nitrogens with zero attached hydrogens (tertiary/aromatic N) is 1. The fourth-order valence-electron chi connectivity index (χ4n) is 3.31. The first kappa shape index (κ1) is 22.1. The topological polar surface area (TPSA) is 59.3 Å². The van der Waals surface area contributed by atoms with Crippen molar-refractivity contribution in [1.82, 2.24) is 0 Å². The summed E-state index contributed by atoms with van der Waals surface area (Å²) in [5.74, 6) is 0.631. The van der Waals surface area contributed by atoms with E-state index in [9.17, 15) is 10.1 Å². The average Bonchev–Trinajstić information content (AvgIpc) is 3.21. The van der Waals surface area contributed by atoms with Crippen LogP contribution in [0.1, 0.15) is 25.5 Å². The second-order valence-electron chi connectivity index (χ2n) is 7.36. The van der Waals surface area contributed by atoms with Crippen molar-refractivity contribution in [2.24, 2.45) is 17.3 Å². The second kappa shape index (κ2) is 9.03. The molecule has 1 saturated carbocycles. The third kappa shape index (κ3) is 5.30. The van der Waals surface area contributed by atoms with Crippen LogP contribution in [0.5, 0.6) is 11.5 Å². The first-order valence-corrected chi connectivity index (χ1v) is 11.3. The van der Waals surface area contributed by atoms with Gasteiger partial charge >= 0.3 is 5.97 Å². The van der Waals surface area contributed by atoms with Gasteiger partial charge in [-0.2, -0.15) is 5.26 Å². The second-order valence-corrected chi connectivity index (χ2v) is 11.0. The van der Waals surface area contributed by atoms with Gasteiger partial charge in [0.25, 0.3) is 0 Å². The Labute approximate surface area is 195 Å². The molecule has 0 amide bonds. The van der Waals surface area contributed by atoms with Gasteiger partial charge in [-0.25, -0.2) is 0 Å². The Kier molecular flexibility index (Phi) is 6.87. The van der Waals surface area contributed by atoms with E-state index in [1.165, 1.54) is 0 Å². The molecule has 3 rings (SSSR count). The van der Waals surface area contributed by atoms with Crippen molar-refractivity contribution in [2.75, 3.05) is 0 Å². The van der Waals surface area contributed by atoms with Gasteiger partial charge in [0.05, 0.1) is 9.31 Å². The number of rotatable bonds is 6. The molecule has 4 nitrogen and oxygen atoms in total. The summed E-state index contributed by atoms with van der Waals surface area (Å²) in [6, 6.07) is 16.5. The number of allylic oxidation sites excluding steroid dienone is 1. The van der Waals surface area contributed by atoms with Crippen molar-refractivity contribution in [1.29, 1.82) is 5.26 Å². The zero-order valence-corrected chi connectivity index (χ0v) is 20.5. The summed E-state index contributed by atoms with van der Waals surface area (Å²) in [6.07, 6.45) is 0.949. The number of hydrogen-bond donors (Lipinski definition) is 0. The Hall–Kier alpha value is -1.62. The summed E-state index contributed by atoms with van der Waals surface area (Å²) in [7, 11) is 0. The van der Waals surface area contributed by atoms with E-state index in [4.69, 9.17) is 9.47 Å². The highest BCUT2D eigenvalue weighted by Crippen LogP contribution is 2.60. The highest BCUT2D eigenvalue weighted by Gasteiger charge is 2.61. The minimum atomic E-state index is -0.996. The smallest absolute Gasteiger partial charge is 0.311 e. The van der Waals surface area contributed by atoms with Crippen molar-refractivity contribution in [2.45, 2.75) is 20.0 Å². The molecule has 3 unspecified atom stereocenters. The Balaban J connectivity index is 1.72. The average molecular weight is 584 g/mol. The maximum atomic E-state index is 12.7. The van der Waals surface area contributed by atoms with E-state index < -0.39 is 6.10 Å². The molecule has 0 aromatic heterocycles. The molecule has 0 saturated heterocycles. The van der Waals surface area contributed by atoms with Crippen LogP contribution >= 0.6 is 47.8 Å². The number of ether oxygens (including phenoxy) is 2. The maximum absolute atomic E-state index is 12.7. The first-order chi connectivity index (χ1) is 13.7. The molecule has 1 aliphatic rings. The lowest BCUT2D eigenvalue weighted by molar-refractivity contribution is -0.149. The zero-order valence-electron chi connectivity index (χ0n) is 15.7. The van der Waals surface area contributed by atoms with Gasteiger partial charge in [-0.3, -0.25) is 4.79 Å². The molecule has 2 aromatic rings. The van der Waals surface area contributed by atoms with Gasteiger partial charge in [-0.1, -0.05) is 48.0 Å². The van der Waals surface area contributed by atoms with E-state index in [-0.39, 0.29) is 23.2 Å². The summed E-state index contributed by atoms with van der Waals surface area (Å²) >= 11 is 10.1. The number of halogens is 3. The number of esters is 1. The summed E-state index contributed by atoms with van der Waals surface area (Å²) in [5, 5.41) is 9.58. The Morgan fingerprint density at radius 2 is 1.86 bits per heavy atom. The van der Waals surface area contributed by atoms with E-state index in [0.717, 1.165) is 7.86 Å². The van der Waals surface area contributed by atoms with Crippen LogP contribution in [-0.4, -0.2) is 5.97 Å². The van der Waals surface area contributed by atoms with Gasteiger partial charge in [0.2, 0.25) is 6.10 Å². The van der Waals surface area contributed by atoms with Crippen LogP contribution < -0.4 is 4.74 Å². The Morgan fingerprint density at radius 1 is 1.17 bits per heavy atom. The molecule has 0 aliphatic heterocycles.